The van der Waals surface area contributed by atoms with Gasteiger partial charge in [0.05, 0.1) is 12.1 Å². The van der Waals surface area contributed by atoms with Crippen molar-refractivity contribution in [2.24, 2.45) is 4.99 Å². The minimum Gasteiger partial charge on any atom is -0.497 e. The first kappa shape index (κ1) is 23.5. The van der Waals surface area contributed by atoms with Crippen LogP contribution in [0, 0.1) is 0 Å². The molecule has 150 valence electrons. The van der Waals surface area contributed by atoms with Crippen LogP contribution in [0.15, 0.2) is 34.6 Å². The quantitative estimate of drug-likeness (QED) is 0.336. The number of thiazole rings is 1. The van der Waals surface area contributed by atoms with E-state index in [1.54, 1.807) is 14.2 Å². The molecule has 0 saturated carbocycles. The maximum atomic E-state index is 12.5. The monoisotopic (exact) mass is 514 g/mol. The van der Waals surface area contributed by atoms with Crippen molar-refractivity contribution in [3.05, 3.63) is 45.9 Å². The van der Waals surface area contributed by atoms with E-state index in [1.165, 1.54) is 0 Å². The second-order valence-electron chi connectivity index (χ2n) is 5.40. The summed E-state index contributed by atoms with van der Waals surface area (Å²) < 4.78 is 42.7. The average molecular weight is 514 g/mol. The second-order valence-corrected chi connectivity index (χ2v) is 6.34. The molecular formula is C17H22F3IN4OS. The maximum absolute atomic E-state index is 12.5. The highest BCUT2D eigenvalue weighted by molar-refractivity contribution is 14.0. The Morgan fingerprint density at radius 1 is 1.15 bits per heavy atom. The highest BCUT2D eigenvalue weighted by atomic mass is 127. The van der Waals surface area contributed by atoms with Crippen LogP contribution in [0.4, 0.5) is 13.2 Å². The molecule has 0 bridgehead atoms. The van der Waals surface area contributed by atoms with Crippen LogP contribution in [0.5, 0.6) is 5.75 Å². The Hall–Kier alpha value is -1.56. The van der Waals surface area contributed by atoms with E-state index in [0.29, 0.717) is 30.5 Å². The van der Waals surface area contributed by atoms with Crippen molar-refractivity contribution in [2.45, 2.75) is 19.0 Å². The van der Waals surface area contributed by atoms with Crippen molar-refractivity contribution >= 4 is 41.3 Å². The zero-order chi connectivity index (χ0) is 19.0. The average Bonchev–Trinajstić information content (AvgIpc) is 3.10. The van der Waals surface area contributed by atoms with Crippen LogP contribution < -0.4 is 15.4 Å². The lowest BCUT2D eigenvalue weighted by atomic mass is 10.1. The second kappa shape index (κ2) is 11.3. The van der Waals surface area contributed by atoms with E-state index in [-0.39, 0.29) is 24.0 Å². The van der Waals surface area contributed by atoms with Gasteiger partial charge in [0.1, 0.15) is 5.75 Å². The molecule has 1 heterocycles. The summed E-state index contributed by atoms with van der Waals surface area (Å²) in [7, 11) is 3.27. The van der Waals surface area contributed by atoms with Crippen LogP contribution in [-0.4, -0.2) is 38.2 Å². The number of methoxy groups -OCH3 is 1. The van der Waals surface area contributed by atoms with Gasteiger partial charge in [0, 0.05) is 31.9 Å². The molecule has 2 aromatic rings. The number of alkyl halides is 3. The van der Waals surface area contributed by atoms with Gasteiger partial charge in [-0.2, -0.15) is 13.2 Å². The number of halogens is 4. The number of benzene rings is 1. The third-order valence-corrected chi connectivity index (χ3v) is 4.47. The molecule has 0 radical (unpaired) electrons. The van der Waals surface area contributed by atoms with Gasteiger partial charge in [-0.05, 0) is 24.1 Å². The van der Waals surface area contributed by atoms with Crippen molar-refractivity contribution in [2.75, 3.05) is 27.2 Å². The third kappa shape index (κ3) is 7.91. The Bertz CT molecular complexity index is 720. The van der Waals surface area contributed by atoms with Crippen LogP contribution in [-0.2, 0) is 19.0 Å². The molecule has 5 nitrogen and oxygen atoms in total. The number of ether oxygens (including phenoxy) is 1. The topological polar surface area (TPSA) is 58.5 Å². The Kier molecular flexibility index (Phi) is 9.84. The molecule has 0 unspecified atom stereocenters. The van der Waals surface area contributed by atoms with Crippen molar-refractivity contribution in [1.29, 1.82) is 0 Å². The van der Waals surface area contributed by atoms with E-state index >= 15 is 0 Å². The normalized spacial score (nSPS) is 11.7. The summed E-state index contributed by atoms with van der Waals surface area (Å²) in [5.74, 6) is 1.42. The largest absolute Gasteiger partial charge is 0.497 e. The first-order chi connectivity index (χ1) is 12.4. The molecule has 0 saturated heterocycles. The zero-order valence-corrected chi connectivity index (χ0v) is 18.1. The standard InChI is InChI=1S/C17H21F3N4OS.HI/c1-21-16(22-9-7-12-3-5-13(25-2)6-4-12)23-10-8-15-24-14(11-26-15)17(18,19)20;/h3-6,11H,7-10H2,1-2H3,(H2,21,22,23);1H. The number of nitrogens with zero attached hydrogens (tertiary/aromatic N) is 2. The van der Waals surface area contributed by atoms with Crippen LogP contribution in [0.25, 0.3) is 0 Å². The van der Waals surface area contributed by atoms with Crippen molar-refractivity contribution in [1.82, 2.24) is 15.6 Å². The smallest absolute Gasteiger partial charge is 0.434 e. The lowest BCUT2D eigenvalue weighted by Gasteiger charge is -2.11. The molecule has 27 heavy (non-hydrogen) atoms. The van der Waals surface area contributed by atoms with Gasteiger partial charge in [0.25, 0.3) is 0 Å². The molecule has 0 aliphatic carbocycles. The summed E-state index contributed by atoms with van der Waals surface area (Å²) in [5, 5.41) is 7.73. The molecule has 10 heteroatoms. The Morgan fingerprint density at radius 2 is 1.78 bits per heavy atom. The fraction of sp³-hybridized carbons (Fsp3) is 0.412. The lowest BCUT2D eigenvalue weighted by Crippen LogP contribution is -2.39. The molecule has 0 aliphatic heterocycles. The van der Waals surface area contributed by atoms with Gasteiger partial charge in [-0.3, -0.25) is 4.99 Å². The van der Waals surface area contributed by atoms with Gasteiger partial charge in [0.15, 0.2) is 11.7 Å². The summed E-state index contributed by atoms with van der Waals surface area (Å²) in [6, 6.07) is 7.81. The summed E-state index contributed by atoms with van der Waals surface area (Å²) in [4.78, 5) is 7.70. The fourth-order valence-corrected chi connectivity index (χ4v) is 2.99. The predicted molar refractivity (Wildman–Crippen MR) is 112 cm³/mol. The van der Waals surface area contributed by atoms with E-state index < -0.39 is 11.9 Å². The van der Waals surface area contributed by atoms with Crippen molar-refractivity contribution in [3.63, 3.8) is 0 Å². The highest BCUT2D eigenvalue weighted by Crippen LogP contribution is 2.29. The number of rotatable bonds is 7. The minimum absolute atomic E-state index is 0. The lowest BCUT2D eigenvalue weighted by molar-refractivity contribution is -0.140. The summed E-state index contributed by atoms with van der Waals surface area (Å²) in [6.07, 6.45) is -3.17. The molecule has 0 fully saturated rings. The molecule has 0 amide bonds. The van der Waals surface area contributed by atoms with Gasteiger partial charge in [-0.25, -0.2) is 4.98 Å². The molecule has 1 aromatic heterocycles. The van der Waals surface area contributed by atoms with E-state index in [0.717, 1.165) is 34.5 Å². The van der Waals surface area contributed by atoms with Crippen LogP contribution in [0.2, 0.25) is 0 Å². The predicted octanol–water partition coefficient (Wildman–Crippen LogP) is 3.74. The molecule has 2 rings (SSSR count). The Morgan fingerprint density at radius 3 is 2.30 bits per heavy atom. The molecule has 1 aromatic carbocycles. The van der Waals surface area contributed by atoms with Crippen molar-refractivity contribution in [3.8, 4) is 5.75 Å². The van der Waals surface area contributed by atoms with Gasteiger partial charge in [-0.1, -0.05) is 12.1 Å². The van der Waals surface area contributed by atoms with Gasteiger partial charge in [0.2, 0.25) is 0 Å². The van der Waals surface area contributed by atoms with Gasteiger partial charge >= 0.3 is 6.18 Å². The van der Waals surface area contributed by atoms with E-state index in [1.807, 2.05) is 24.3 Å². The van der Waals surface area contributed by atoms with E-state index in [9.17, 15) is 13.2 Å². The maximum Gasteiger partial charge on any atom is 0.434 e. The van der Waals surface area contributed by atoms with Gasteiger partial charge < -0.3 is 15.4 Å². The molecule has 0 spiro atoms. The summed E-state index contributed by atoms with van der Waals surface area (Å²) in [5.41, 5.74) is 0.329. The number of guanidine groups is 1. The number of hydrogen-bond donors (Lipinski definition) is 2. The van der Waals surface area contributed by atoms with Gasteiger partial charge in [-0.15, -0.1) is 35.3 Å². The molecule has 0 aliphatic rings. The Balaban J connectivity index is 0.00000364. The number of nitrogens with one attached hydrogen (secondary N) is 2. The molecule has 2 N–H and O–H groups in total. The number of aliphatic imine (C=N–C) groups is 1. The van der Waals surface area contributed by atoms with E-state index in [2.05, 4.69) is 20.6 Å². The first-order valence-corrected chi connectivity index (χ1v) is 8.89. The molecular weight excluding hydrogens is 492 g/mol. The van der Waals surface area contributed by atoms with Crippen LogP contribution >= 0.6 is 35.3 Å². The van der Waals surface area contributed by atoms with E-state index in [4.69, 9.17) is 4.74 Å². The zero-order valence-electron chi connectivity index (χ0n) is 15.0. The highest BCUT2D eigenvalue weighted by Gasteiger charge is 2.33. The van der Waals surface area contributed by atoms with Crippen molar-refractivity contribution < 1.29 is 17.9 Å². The number of aromatic nitrogens is 1. The first-order valence-electron chi connectivity index (χ1n) is 8.01. The summed E-state index contributed by atoms with van der Waals surface area (Å²) >= 11 is 1.01. The van der Waals surface area contributed by atoms with Crippen LogP contribution in [0.1, 0.15) is 16.3 Å². The third-order valence-electron chi connectivity index (χ3n) is 3.56. The minimum atomic E-state index is -4.39. The molecule has 0 atom stereocenters. The summed E-state index contributed by atoms with van der Waals surface area (Å²) in [6.45, 7) is 1.13. The SMILES string of the molecule is CN=C(NCCc1ccc(OC)cc1)NCCc1nc(C(F)(F)F)cs1.I. The van der Waals surface area contributed by atoms with Crippen LogP contribution in [0.3, 0.4) is 0 Å². The number of hydrogen-bond acceptors (Lipinski definition) is 4. The Labute approximate surface area is 177 Å². The fourth-order valence-electron chi connectivity index (χ4n) is 2.18.